The summed E-state index contributed by atoms with van der Waals surface area (Å²) in [4.78, 5) is 31.3. The molecule has 1 saturated heterocycles. The Kier molecular flexibility index (Phi) is 4.19. The van der Waals surface area contributed by atoms with Gasteiger partial charge in [-0.2, -0.15) is 0 Å². The third kappa shape index (κ3) is 2.72. The van der Waals surface area contributed by atoms with Crippen molar-refractivity contribution >= 4 is 17.6 Å². The summed E-state index contributed by atoms with van der Waals surface area (Å²) < 4.78 is 0. The second-order valence-corrected chi connectivity index (χ2v) is 4.97. The molecule has 1 fully saturated rings. The number of rotatable bonds is 4. The molecule has 7 nitrogen and oxygen atoms in total. The molecule has 1 aromatic rings. The van der Waals surface area contributed by atoms with Gasteiger partial charge in [-0.05, 0) is 19.9 Å². The molecule has 0 aliphatic carbocycles. The number of nitrogens with one attached hydrogen (secondary N) is 1. The van der Waals surface area contributed by atoms with Gasteiger partial charge in [-0.3, -0.25) is 9.59 Å². The molecule has 0 saturated carbocycles. The van der Waals surface area contributed by atoms with Crippen LogP contribution in [0.2, 0.25) is 0 Å². The zero-order valence-corrected chi connectivity index (χ0v) is 11.7. The van der Waals surface area contributed by atoms with Crippen molar-refractivity contribution in [2.24, 2.45) is 5.84 Å². The van der Waals surface area contributed by atoms with E-state index in [-0.39, 0.29) is 6.04 Å². The third-order valence-corrected chi connectivity index (χ3v) is 3.35. The summed E-state index contributed by atoms with van der Waals surface area (Å²) in [5.74, 6) is 4.98. The van der Waals surface area contributed by atoms with Gasteiger partial charge in [0.1, 0.15) is 5.82 Å². The number of pyridine rings is 1. The predicted octanol–water partition coefficient (Wildman–Crippen LogP) is -0.0536. The van der Waals surface area contributed by atoms with E-state index in [1.165, 1.54) is 4.90 Å². The SMILES string of the molecule is CC(C)N1CCN(Cc2cccnc2NN)C(=O)C1=O. The second-order valence-electron chi connectivity index (χ2n) is 4.97. The molecule has 1 aromatic heterocycles. The van der Waals surface area contributed by atoms with Crippen molar-refractivity contribution in [3.05, 3.63) is 23.9 Å². The molecule has 2 heterocycles. The highest BCUT2D eigenvalue weighted by Gasteiger charge is 2.33. The summed E-state index contributed by atoms with van der Waals surface area (Å²) in [6.45, 7) is 5.19. The van der Waals surface area contributed by atoms with E-state index < -0.39 is 11.8 Å². The molecular formula is C13H19N5O2. The van der Waals surface area contributed by atoms with E-state index in [9.17, 15) is 9.59 Å². The summed E-state index contributed by atoms with van der Waals surface area (Å²) in [6.07, 6.45) is 1.61. The van der Waals surface area contributed by atoms with E-state index in [0.29, 0.717) is 25.5 Å². The van der Waals surface area contributed by atoms with Gasteiger partial charge in [0, 0.05) is 37.4 Å². The minimum Gasteiger partial charge on any atom is -0.330 e. The molecule has 108 valence electrons. The highest BCUT2D eigenvalue weighted by molar-refractivity contribution is 6.35. The monoisotopic (exact) mass is 277 g/mol. The third-order valence-electron chi connectivity index (χ3n) is 3.35. The molecule has 3 N–H and O–H groups in total. The van der Waals surface area contributed by atoms with E-state index in [4.69, 9.17) is 5.84 Å². The number of piperazine rings is 1. The average Bonchev–Trinajstić information content (AvgIpc) is 2.44. The molecule has 1 aliphatic heterocycles. The van der Waals surface area contributed by atoms with E-state index >= 15 is 0 Å². The molecule has 1 aliphatic rings. The van der Waals surface area contributed by atoms with Gasteiger partial charge in [-0.25, -0.2) is 10.8 Å². The van der Waals surface area contributed by atoms with Crippen LogP contribution < -0.4 is 11.3 Å². The molecule has 0 atom stereocenters. The lowest BCUT2D eigenvalue weighted by Crippen LogP contribution is -2.55. The lowest BCUT2D eigenvalue weighted by molar-refractivity contribution is -0.157. The Bertz CT molecular complexity index is 517. The highest BCUT2D eigenvalue weighted by Crippen LogP contribution is 2.16. The number of nitrogens with two attached hydrogens (primary N) is 1. The summed E-state index contributed by atoms with van der Waals surface area (Å²) >= 11 is 0. The molecule has 2 rings (SSSR count). The fraction of sp³-hybridized carbons (Fsp3) is 0.462. The number of anilines is 1. The van der Waals surface area contributed by atoms with Crippen molar-refractivity contribution in [2.75, 3.05) is 18.5 Å². The molecule has 0 unspecified atom stereocenters. The van der Waals surface area contributed by atoms with Crippen LogP contribution in [0.25, 0.3) is 0 Å². The fourth-order valence-electron chi connectivity index (χ4n) is 2.23. The zero-order valence-electron chi connectivity index (χ0n) is 11.7. The quantitative estimate of drug-likeness (QED) is 0.457. The summed E-state index contributed by atoms with van der Waals surface area (Å²) in [5.41, 5.74) is 3.28. The first-order valence-corrected chi connectivity index (χ1v) is 6.55. The van der Waals surface area contributed by atoms with Crippen LogP contribution in [0.4, 0.5) is 5.82 Å². The number of carbonyl (C=O) groups is 2. The van der Waals surface area contributed by atoms with Crippen LogP contribution in [0, 0.1) is 0 Å². The van der Waals surface area contributed by atoms with Crippen molar-refractivity contribution in [2.45, 2.75) is 26.4 Å². The predicted molar refractivity (Wildman–Crippen MR) is 74.3 cm³/mol. The van der Waals surface area contributed by atoms with Crippen LogP contribution in [0.3, 0.4) is 0 Å². The Balaban J connectivity index is 2.12. The van der Waals surface area contributed by atoms with Gasteiger partial charge in [-0.15, -0.1) is 0 Å². The number of nitrogen functional groups attached to an aromatic ring is 1. The number of aromatic nitrogens is 1. The first-order valence-electron chi connectivity index (χ1n) is 6.55. The summed E-state index contributed by atoms with van der Waals surface area (Å²) in [5, 5.41) is 0. The van der Waals surface area contributed by atoms with Crippen LogP contribution in [0.15, 0.2) is 18.3 Å². The average molecular weight is 277 g/mol. The maximum Gasteiger partial charge on any atom is 0.312 e. The first kappa shape index (κ1) is 14.3. The number of carbonyl (C=O) groups excluding carboxylic acids is 2. The van der Waals surface area contributed by atoms with Crippen molar-refractivity contribution in [1.29, 1.82) is 0 Å². The van der Waals surface area contributed by atoms with Crippen molar-refractivity contribution in [1.82, 2.24) is 14.8 Å². The van der Waals surface area contributed by atoms with Gasteiger partial charge in [0.2, 0.25) is 0 Å². The van der Waals surface area contributed by atoms with Gasteiger partial charge in [0.05, 0.1) is 0 Å². The summed E-state index contributed by atoms with van der Waals surface area (Å²) in [6, 6.07) is 3.63. The molecule has 0 aromatic carbocycles. The molecule has 7 heteroatoms. The molecule has 0 radical (unpaired) electrons. The first-order chi connectivity index (χ1) is 9.54. The second kappa shape index (κ2) is 5.87. The minimum absolute atomic E-state index is 0.0354. The lowest BCUT2D eigenvalue weighted by Gasteiger charge is -2.36. The van der Waals surface area contributed by atoms with E-state index in [1.807, 2.05) is 19.9 Å². The maximum absolute atomic E-state index is 12.1. The van der Waals surface area contributed by atoms with Crippen LogP contribution in [-0.2, 0) is 16.1 Å². The van der Waals surface area contributed by atoms with Crippen LogP contribution in [0.1, 0.15) is 19.4 Å². The normalized spacial score (nSPS) is 16.0. The Hall–Kier alpha value is -2.15. The number of amides is 2. The molecule has 20 heavy (non-hydrogen) atoms. The minimum atomic E-state index is -0.475. The number of hydrogen-bond donors (Lipinski definition) is 2. The van der Waals surface area contributed by atoms with E-state index in [1.54, 1.807) is 17.2 Å². The van der Waals surface area contributed by atoms with Gasteiger partial charge in [0.15, 0.2) is 0 Å². The van der Waals surface area contributed by atoms with E-state index in [2.05, 4.69) is 10.4 Å². The van der Waals surface area contributed by atoms with Crippen molar-refractivity contribution in [3.63, 3.8) is 0 Å². The van der Waals surface area contributed by atoms with Crippen molar-refractivity contribution < 1.29 is 9.59 Å². The summed E-state index contributed by atoms with van der Waals surface area (Å²) in [7, 11) is 0. The molecule has 0 spiro atoms. The van der Waals surface area contributed by atoms with Gasteiger partial charge in [-0.1, -0.05) is 6.07 Å². The van der Waals surface area contributed by atoms with E-state index in [0.717, 1.165) is 5.56 Å². The molecule has 0 bridgehead atoms. The Morgan fingerprint density at radius 2 is 2.10 bits per heavy atom. The van der Waals surface area contributed by atoms with Gasteiger partial charge in [0.25, 0.3) is 0 Å². The Morgan fingerprint density at radius 3 is 2.75 bits per heavy atom. The largest absolute Gasteiger partial charge is 0.330 e. The molecular weight excluding hydrogens is 258 g/mol. The Morgan fingerprint density at radius 1 is 1.35 bits per heavy atom. The van der Waals surface area contributed by atoms with Crippen LogP contribution in [-0.4, -0.2) is 45.7 Å². The highest BCUT2D eigenvalue weighted by atomic mass is 16.2. The van der Waals surface area contributed by atoms with Crippen molar-refractivity contribution in [3.8, 4) is 0 Å². The standard InChI is InChI=1S/C13H19N5O2/c1-9(2)18-7-6-17(12(19)13(18)20)8-10-4-3-5-15-11(10)16-14/h3-5,9H,6-8,14H2,1-2H3,(H,15,16). The lowest BCUT2D eigenvalue weighted by atomic mass is 10.2. The smallest absolute Gasteiger partial charge is 0.312 e. The van der Waals surface area contributed by atoms with Gasteiger partial charge >= 0.3 is 11.8 Å². The topological polar surface area (TPSA) is 91.6 Å². The Labute approximate surface area is 117 Å². The van der Waals surface area contributed by atoms with Gasteiger partial charge < -0.3 is 15.2 Å². The van der Waals surface area contributed by atoms with Crippen LogP contribution >= 0.6 is 0 Å². The molecule has 2 amide bonds. The fourth-order valence-corrected chi connectivity index (χ4v) is 2.23. The number of nitrogens with zero attached hydrogens (tertiary/aromatic N) is 3. The number of hydrazine groups is 1. The number of hydrogen-bond acceptors (Lipinski definition) is 5. The van der Waals surface area contributed by atoms with Crippen LogP contribution in [0.5, 0.6) is 0 Å². The maximum atomic E-state index is 12.1. The zero-order chi connectivity index (χ0) is 14.7.